The SMILES string of the molecule is CN=Cc1cc(-c2cc3ccn(C4CCNCC4)c(=O)c3cn2)cc(C)c1N. The molecule has 3 heterocycles. The molecular weight excluding hydrogens is 350 g/mol. The number of nitrogens with two attached hydrogens (primary N) is 1. The van der Waals surface area contributed by atoms with Crippen molar-refractivity contribution in [3.8, 4) is 11.3 Å². The number of hydrogen-bond acceptors (Lipinski definition) is 5. The van der Waals surface area contributed by atoms with Crippen LogP contribution in [0.3, 0.4) is 0 Å². The Morgan fingerprint density at radius 2 is 2.07 bits per heavy atom. The number of nitrogens with zero attached hydrogens (tertiary/aromatic N) is 3. The number of aryl methyl sites for hydroxylation is 1. The summed E-state index contributed by atoms with van der Waals surface area (Å²) in [7, 11) is 1.73. The summed E-state index contributed by atoms with van der Waals surface area (Å²) in [6, 6.07) is 8.25. The Labute approximate surface area is 164 Å². The van der Waals surface area contributed by atoms with Crippen LogP contribution in [0.4, 0.5) is 5.69 Å². The number of rotatable bonds is 3. The number of pyridine rings is 2. The number of aliphatic imine (C=N–C) groups is 1. The maximum atomic E-state index is 13.0. The second-order valence-corrected chi connectivity index (χ2v) is 7.35. The van der Waals surface area contributed by atoms with Gasteiger partial charge in [-0.05, 0) is 68.1 Å². The zero-order valence-corrected chi connectivity index (χ0v) is 16.3. The number of hydrogen-bond donors (Lipinski definition) is 2. The minimum atomic E-state index is 0.0377. The van der Waals surface area contributed by atoms with Gasteiger partial charge < -0.3 is 15.6 Å². The van der Waals surface area contributed by atoms with Crippen LogP contribution < -0.4 is 16.6 Å². The molecule has 0 radical (unpaired) electrons. The van der Waals surface area contributed by atoms with E-state index in [9.17, 15) is 4.79 Å². The van der Waals surface area contributed by atoms with Gasteiger partial charge in [-0.3, -0.25) is 14.8 Å². The molecule has 0 bridgehead atoms. The van der Waals surface area contributed by atoms with E-state index in [2.05, 4.69) is 15.3 Å². The van der Waals surface area contributed by atoms with Gasteiger partial charge in [0.25, 0.3) is 5.56 Å². The molecule has 2 aromatic heterocycles. The predicted octanol–water partition coefficient (Wildman–Crippen LogP) is 2.93. The van der Waals surface area contributed by atoms with Crippen LogP contribution in [-0.4, -0.2) is 35.9 Å². The lowest BCUT2D eigenvalue weighted by molar-refractivity contribution is 0.362. The lowest BCUT2D eigenvalue weighted by atomic mass is 10.0. The van der Waals surface area contributed by atoms with Gasteiger partial charge >= 0.3 is 0 Å². The van der Waals surface area contributed by atoms with Crippen molar-refractivity contribution < 1.29 is 0 Å². The Bertz CT molecular complexity index is 1110. The normalized spacial score (nSPS) is 15.5. The minimum Gasteiger partial charge on any atom is -0.398 e. The van der Waals surface area contributed by atoms with Gasteiger partial charge in [0.1, 0.15) is 0 Å². The molecule has 1 aromatic carbocycles. The Morgan fingerprint density at radius 3 is 2.82 bits per heavy atom. The molecule has 1 aliphatic rings. The maximum absolute atomic E-state index is 13.0. The van der Waals surface area contributed by atoms with Crippen LogP contribution in [0, 0.1) is 6.92 Å². The van der Waals surface area contributed by atoms with E-state index in [0.717, 1.165) is 59.4 Å². The lowest BCUT2D eigenvalue weighted by Crippen LogP contribution is -2.34. The van der Waals surface area contributed by atoms with Gasteiger partial charge in [-0.15, -0.1) is 0 Å². The quantitative estimate of drug-likeness (QED) is 0.544. The van der Waals surface area contributed by atoms with Gasteiger partial charge in [-0.1, -0.05) is 0 Å². The molecule has 3 aromatic rings. The van der Waals surface area contributed by atoms with Gasteiger partial charge in [-0.25, -0.2) is 0 Å². The van der Waals surface area contributed by atoms with E-state index in [0.29, 0.717) is 5.39 Å². The Hall–Kier alpha value is -2.99. The molecule has 144 valence electrons. The molecule has 1 fully saturated rings. The molecule has 1 aliphatic heterocycles. The van der Waals surface area contributed by atoms with Crippen LogP contribution in [0.15, 0.2) is 46.4 Å². The zero-order valence-electron chi connectivity index (χ0n) is 16.3. The summed E-state index contributed by atoms with van der Waals surface area (Å²) in [6.07, 6.45) is 7.33. The van der Waals surface area contributed by atoms with Crippen molar-refractivity contribution in [2.45, 2.75) is 25.8 Å². The molecule has 3 N–H and O–H groups in total. The van der Waals surface area contributed by atoms with Crippen molar-refractivity contribution in [3.05, 3.63) is 58.1 Å². The third-order valence-corrected chi connectivity index (χ3v) is 5.50. The molecule has 4 rings (SSSR count). The van der Waals surface area contributed by atoms with Crippen molar-refractivity contribution in [1.29, 1.82) is 0 Å². The number of nitrogens with one attached hydrogen (secondary N) is 1. The van der Waals surface area contributed by atoms with E-state index in [1.807, 2.05) is 42.0 Å². The second kappa shape index (κ2) is 7.56. The Morgan fingerprint density at radius 1 is 1.29 bits per heavy atom. The first kappa shape index (κ1) is 18.4. The summed E-state index contributed by atoms with van der Waals surface area (Å²) >= 11 is 0. The van der Waals surface area contributed by atoms with Crippen LogP contribution in [0.5, 0.6) is 0 Å². The van der Waals surface area contributed by atoms with E-state index < -0.39 is 0 Å². The summed E-state index contributed by atoms with van der Waals surface area (Å²) < 4.78 is 1.87. The molecule has 0 saturated carbocycles. The average Bonchev–Trinajstić information content (AvgIpc) is 2.72. The molecule has 0 spiro atoms. The minimum absolute atomic E-state index is 0.0377. The smallest absolute Gasteiger partial charge is 0.260 e. The van der Waals surface area contributed by atoms with E-state index in [-0.39, 0.29) is 11.6 Å². The largest absolute Gasteiger partial charge is 0.398 e. The van der Waals surface area contributed by atoms with Gasteiger partial charge in [-0.2, -0.15) is 0 Å². The van der Waals surface area contributed by atoms with Crippen molar-refractivity contribution >= 4 is 22.7 Å². The highest BCUT2D eigenvalue weighted by atomic mass is 16.1. The van der Waals surface area contributed by atoms with Gasteiger partial charge in [0.05, 0.1) is 11.1 Å². The van der Waals surface area contributed by atoms with Crippen LogP contribution in [-0.2, 0) is 0 Å². The molecule has 1 saturated heterocycles. The van der Waals surface area contributed by atoms with Gasteiger partial charge in [0, 0.05) is 48.5 Å². The molecule has 0 amide bonds. The lowest BCUT2D eigenvalue weighted by Gasteiger charge is -2.25. The van der Waals surface area contributed by atoms with Crippen LogP contribution in [0.1, 0.15) is 30.0 Å². The average molecular weight is 375 g/mol. The Balaban J connectivity index is 1.78. The van der Waals surface area contributed by atoms with Gasteiger partial charge in [0.15, 0.2) is 0 Å². The van der Waals surface area contributed by atoms with Crippen molar-refractivity contribution in [2.24, 2.45) is 4.99 Å². The molecule has 28 heavy (non-hydrogen) atoms. The number of nitrogen functional groups attached to an aromatic ring is 1. The Kier molecular flexibility index (Phi) is 4.96. The molecular formula is C22H25N5O. The predicted molar refractivity (Wildman–Crippen MR) is 115 cm³/mol. The maximum Gasteiger partial charge on any atom is 0.260 e. The summed E-state index contributed by atoms with van der Waals surface area (Å²) in [6.45, 7) is 3.88. The first-order chi connectivity index (χ1) is 13.6. The van der Waals surface area contributed by atoms with E-state index in [1.165, 1.54) is 0 Å². The zero-order chi connectivity index (χ0) is 19.7. The molecule has 6 heteroatoms. The first-order valence-corrected chi connectivity index (χ1v) is 9.63. The summed E-state index contributed by atoms with van der Waals surface area (Å²) in [5.41, 5.74) is 10.6. The highest BCUT2D eigenvalue weighted by molar-refractivity contribution is 5.91. The fraction of sp³-hybridized carbons (Fsp3) is 0.318. The van der Waals surface area contributed by atoms with Gasteiger partial charge in [0.2, 0.25) is 0 Å². The standard InChI is InChI=1S/C22H25N5O/c1-14-9-16(10-17(12-24-2)21(14)23)20-11-15-5-8-27(18-3-6-25-7-4-18)22(28)19(15)13-26-20/h5,8-13,18,25H,3-4,6-7,23H2,1-2H3. The number of fused-ring (bicyclic) bond motifs is 1. The highest BCUT2D eigenvalue weighted by Crippen LogP contribution is 2.27. The second-order valence-electron chi connectivity index (χ2n) is 7.35. The van der Waals surface area contributed by atoms with Crippen molar-refractivity contribution in [2.75, 3.05) is 25.9 Å². The third-order valence-electron chi connectivity index (χ3n) is 5.50. The fourth-order valence-corrected chi connectivity index (χ4v) is 3.90. The van der Waals surface area contributed by atoms with Crippen molar-refractivity contribution in [1.82, 2.24) is 14.9 Å². The first-order valence-electron chi connectivity index (χ1n) is 9.63. The van der Waals surface area contributed by atoms with E-state index >= 15 is 0 Å². The molecule has 0 atom stereocenters. The van der Waals surface area contributed by atoms with E-state index in [4.69, 9.17) is 5.73 Å². The van der Waals surface area contributed by atoms with Crippen LogP contribution in [0.25, 0.3) is 22.0 Å². The summed E-state index contributed by atoms with van der Waals surface area (Å²) in [5, 5.41) is 4.91. The number of benzene rings is 1. The van der Waals surface area contributed by atoms with E-state index in [1.54, 1.807) is 19.5 Å². The van der Waals surface area contributed by atoms with Crippen molar-refractivity contribution in [3.63, 3.8) is 0 Å². The van der Waals surface area contributed by atoms with Crippen LogP contribution in [0.2, 0.25) is 0 Å². The fourth-order valence-electron chi connectivity index (χ4n) is 3.90. The summed E-state index contributed by atoms with van der Waals surface area (Å²) in [4.78, 5) is 21.7. The number of aromatic nitrogens is 2. The van der Waals surface area contributed by atoms with Crippen LogP contribution >= 0.6 is 0 Å². The topological polar surface area (TPSA) is 85.3 Å². The highest BCUT2D eigenvalue weighted by Gasteiger charge is 2.17. The summed E-state index contributed by atoms with van der Waals surface area (Å²) in [5.74, 6) is 0. The molecule has 6 nitrogen and oxygen atoms in total. The molecule has 0 unspecified atom stereocenters. The monoisotopic (exact) mass is 375 g/mol. The number of piperidine rings is 1. The molecule has 0 aliphatic carbocycles. The number of anilines is 1. The third kappa shape index (κ3) is 3.31.